The van der Waals surface area contributed by atoms with E-state index in [9.17, 15) is 4.79 Å². The Kier molecular flexibility index (Phi) is 5.80. The first-order valence-electron chi connectivity index (χ1n) is 5.87. The largest absolute Gasteiger partial charge is 0.496 e. The Hall–Kier alpha value is -0.840. The SMILES string of the molecule is COc1ccc(NC(=O)N(C)C(Cl)C(C)(Cl)Cl)cc1C. The average molecular weight is 340 g/mol. The average Bonchev–Trinajstić information content (AvgIpc) is 2.36. The van der Waals surface area contributed by atoms with Crippen molar-refractivity contribution in [3.8, 4) is 5.75 Å². The first kappa shape index (κ1) is 17.2. The summed E-state index contributed by atoms with van der Waals surface area (Å²) >= 11 is 17.8. The van der Waals surface area contributed by atoms with Gasteiger partial charge >= 0.3 is 6.03 Å². The molecule has 4 nitrogen and oxygen atoms in total. The minimum atomic E-state index is -1.25. The van der Waals surface area contributed by atoms with Gasteiger partial charge in [0, 0.05) is 12.7 Å². The Morgan fingerprint density at radius 2 is 2.05 bits per heavy atom. The van der Waals surface area contributed by atoms with Gasteiger partial charge in [0.05, 0.1) is 7.11 Å². The van der Waals surface area contributed by atoms with Gasteiger partial charge in [0.25, 0.3) is 0 Å². The maximum atomic E-state index is 12.0. The monoisotopic (exact) mass is 338 g/mol. The first-order valence-corrected chi connectivity index (χ1v) is 7.06. The highest BCUT2D eigenvalue weighted by molar-refractivity contribution is 6.52. The van der Waals surface area contributed by atoms with Crippen LogP contribution in [0.25, 0.3) is 0 Å². The summed E-state index contributed by atoms with van der Waals surface area (Å²) in [7, 11) is 3.11. The number of alkyl halides is 3. The van der Waals surface area contributed by atoms with E-state index in [-0.39, 0.29) is 0 Å². The van der Waals surface area contributed by atoms with Crippen LogP contribution in [0.1, 0.15) is 12.5 Å². The summed E-state index contributed by atoms with van der Waals surface area (Å²) in [4.78, 5) is 13.3. The molecular formula is C13H17Cl3N2O2. The van der Waals surface area contributed by atoms with Crippen LogP contribution in [0.4, 0.5) is 10.5 Å². The highest BCUT2D eigenvalue weighted by Crippen LogP contribution is 2.30. The third-order valence-electron chi connectivity index (χ3n) is 2.72. The molecule has 20 heavy (non-hydrogen) atoms. The van der Waals surface area contributed by atoms with Crippen LogP contribution in [0.15, 0.2) is 18.2 Å². The fraction of sp³-hybridized carbons (Fsp3) is 0.462. The number of halogens is 3. The summed E-state index contributed by atoms with van der Waals surface area (Å²) in [6.07, 6.45) is 0. The molecule has 0 aliphatic heterocycles. The Balaban J connectivity index is 2.78. The number of nitrogens with one attached hydrogen (secondary N) is 1. The lowest BCUT2D eigenvalue weighted by Gasteiger charge is -2.29. The van der Waals surface area contributed by atoms with Gasteiger partial charge in [-0.1, -0.05) is 34.8 Å². The molecule has 0 aromatic heterocycles. The minimum Gasteiger partial charge on any atom is -0.496 e. The van der Waals surface area contributed by atoms with E-state index in [4.69, 9.17) is 39.5 Å². The number of amides is 2. The second-order valence-corrected chi connectivity index (χ2v) is 6.69. The fourth-order valence-electron chi connectivity index (χ4n) is 1.61. The van der Waals surface area contributed by atoms with Crippen molar-refractivity contribution >= 4 is 46.5 Å². The number of methoxy groups -OCH3 is 1. The van der Waals surface area contributed by atoms with Gasteiger partial charge in [-0.25, -0.2) is 4.79 Å². The second kappa shape index (κ2) is 6.74. The van der Waals surface area contributed by atoms with Crippen LogP contribution < -0.4 is 10.1 Å². The molecule has 2 amide bonds. The van der Waals surface area contributed by atoms with E-state index in [1.54, 1.807) is 25.3 Å². The highest BCUT2D eigenvalue weighted by atomic mass is 35.5. The summed E-state index contributed by atoms with van der Waals surface area (Å²) in [5, 5.41) is 2.72. The van der Waals surface area contributed by atoms with Crippen LogP contribution in [0, 0.1) is 6.92 Å². The molecule has 0 bridgehead atoms. The van der Waals surface area contributed by atoms with Gasteiger partial charge in [-0.05, 0) is 37.6 Å². The number of hydrogen-bond donors (Lipinski definition) is 1. The van der Waals surface area contributed by atoms with Gasteiger partial charge in [0.1, 0.15) is 15.6 Å². The molecule has 1 atom stereocenters. The van der Waals surface area contributed by atoms with E-state index < -0.39 is 15.9 Å². The van der Waals surface area contributed by atoms with Crippen LogP contribution in [0.5, 0.6) is 5.75 Å². The van der Waals surface area contributed by atoms with E-state index >= 15 is 0 Å². The molecule has 1 rings (SSSR count). The molecule has 112 valence electrons. The van der Waals surface area contributed by atoms with Gasteiger partial charge in [-0.2, -0.15) is 0 Å². The summed E-state index contributed by atoms with van der Waals surface area (Å²) in [5.74, 6) is 0.751. The molecule has 1 unspecified atom stereocenters. The molecule has 0 saturated heterocycles. The maximum absolute atomic E-state index is 12.0. The number of carbonyl (C=O) groups is 1. The van der Waals surface area contributed by atoms with Crippen molar-refractivity contribution < 1.29 is 9.53 Å². The predicted octanol–water partition coefficient (Wildman–Crippen LogP) is 4.23. The summed E-state index contributed by atoms with van der Waals surface area (Å²) < 4.78 is 3.91. The normalized spacial score (nSPS) is 12.8. The highest BCUT2D eigenvalue weighted by Gasteiger charge is 2.33. The molecule has 0 aliphatic rings. The lowest BCUT2D eigenvalue weighted by atomic mass is 10.2. The second-order valence-electron chi connectivity index (χ2n) is 4.52. The summed E-state index contributed by atoms with van der Waals surface area (Å²) in [6, 6.07) is 4.91. The number of nitrogens with zero attached hydrogens (tertiary/aromatic N) is 1. The molecule has 7 heteroatoms. The number of hydrogen-bond acceptors (Lipinski definition) is 2. The van der Waals surface area contributed by atoms with Gasteiger partial charge in [0.2, 0.25) is 0 Å². The van der Waals surface area contributed by atoms with Crippen LogP contribution in [-0.2, 0) is 0 Å². The number of rotatable bonds is 4. The topological polar surface area (TPSA) is 41.6 Å². The molecule has 1 aromatic rings. The fourth-order valence-corrected chi connectivity index (χ4v) is 1.99. The van der Waals surface area contributed by atoms with Crippen molar-refractivity contribution in [2.24, 2.45) is 0 Å². The molecule has 1 aromatic carbocycles. The van der Waals surface area contributed by atoms with Gasteiger partial charge in [0.15, 0.2) is 0 Å². The summed E-state index contributed by atoms with van der Waals surface area (Å²) in [5.41, 5.74) is 0.690. The zero-order valence-electron chi connectivity index (χ0n) is 11.7. The Morgan fingerprint density at radius 1 is 1.45 bits per heavy atom. The van der Waals surface area contributed by atoms with Crippen molar-refractivity contribution in [1.29, 1.82) is 0 Å². The van der Waals surface area contributed by atoms with Crippen molar-refractivity contribution in [2.75, 3.05) is 19.5 Å². The van der Waals surface area contributed by atoms with E-state index in [2.05, 4.69) is 5.32 Å². The molecule has 0 aliphatic carbocycles. The quantitative estimate of drug-likeness (QED) is 0.659. The first-order chi connectivity index (χ1) is 9.16. The third-order valence-corrected chi connectivity index (χ3v) is 4.09. The zero-order chi connectivity index (χ0) is 15.5. The van der Waals surface area contributed by atoms with Crippen molar-refractivity contribution in [3.63, 3.8) is 0 Å². The van der Waals surface area contributed by atoms with E-state index in [1.807, 2.05) is 6.92 Å². The molecule has 0 heterocycles. The molecule has 1 N–H and O–H groups in total. The van der Waals surface area contributed by atoms with Crippen molar-refractivity contribution in [2.45, 2.75) is 23.7 Å². The number of urea groups is 1. The number of aryl methyl sites for hydroxylation is 1. The zero-order valence-corrected chi connectivity index (χ0v) is 14.0. The predicted molar refractivity (Wildman–Crippen MR) is 84.3 cm³/mol. The number of ether oxygens (including phenoxy) is 1. The Morgan fingerprint density at radius 3 is 2.50 bits per heavy atom. The van der Waals surface area contributed by atoms with Crippen LogP contribution in [-0.4, -0.2) is 34.9 Å². The minimum absolute atomic E-state index is 0.401. The van der Waals surface area contributed by atoms with Gasteiger partial charge < -0.3 is 15.0 Å². The molecular weight excluding hydrogens is 323 g/mol. The van der Waals surface area contributed by atoms with Gasteiger partial charge in [-0.3, -0.25) is 0 Å². The molecule has 0 radical (unpaired) electrons. The van der Waals surface area contributed by atoms with Gasteiger partial charge in [-0.15, -0.1) is 0 Å². The van der Waals surface area contributed by atoms with Crippen LogP contribution in [0.3, 0.4) is 0 Å². The van der Waals surface area contributed by atoms with Crippen LogP contribution in [0.2, 0.25) is 0 Å². The van der Waals surface area contributed by atoms with Crippen molar-refractivity contribution in [3.05, 3.63) is 23.8 Å². The van der Waals surface area contributed by atoms with Crippen LogP contribution >= 0.6 is 34.8 Å². The summed E-state index contributed by atoms with van der Waals surface area (Å²) in [6.45, 7) is 3.41. The third kappa shape index (κ3) is 4.33. The number of carbonyl (C=O) groups excluding carboxylic acids is 1. The standard InChI is InChI=1S/C13H17Cl3N2O2/c1-8-7-9(5-6-10(8)20-4)17-12(19)18(3)11(14)13(2,15)16/h5-7,11H,1-4H3,(H,17,19). The van der Waals surface area contributed by atoms with E-state index in [0.29, 0.717) is 5.69 Å². The lowest BCUT2D eigenvalue weighted by Crippen LogP contribution is -2.44. The molecule has 0 fully saturated rings. The molecule has 0 saturated carbocycles. The van der Waals surface area contributed by atoms with E-state index in [1.165, 1.54) is 18.9 Å². The molecule has 0 spiro atoms. The lowest BCUT2D eigenvalue weighted by molar-refractivity contribution is 0.216. The number of anilines is 1. The van der Waals surface area contributed by atoms with E-state index in [0.717, 1.165) is 11.3 Å². The maximum Gasteiger partial charge on any atom is 0.322 e. The Bertz CT molecular complexity index is 489. The Labute approximate surface area is 133 Å². The number of benzene rings is 1. The smallest absolute Gasteiger partial charge is 0.322 e. The van der Waals surface area contributed by atoms with Crippen molar-refractivity contribution in [1.82, 2.24) is 4.90 Å².